The normalized spacial score (nSPS) is 17.8. The molecule has 7 nitrogen and oxygen atoms in total. The van der Waals surface area contributed by atoms with Crippen LogP contribution in [0.1, 0.15) is 32.3 Å². The number of carboxylic acids is 1. The minimum Gasteiger partial charge on any atom is -0.481 e. The lowest BCUT2D eigenvalue weighted by atomic mass is 9.99. The van der Waals surface area contributed by atoms with E-state index < -0.39 is 17.9 Å². The highest BCUT2D eigenvalue weighted by atomic mass is 16.4. The van der Waals surface area contributed by atoms with Gasteiger partial charge in [0.1, 0.15) is 6.04 Å². The number of carboxylic acid groups (broad SMARTS) is 1. The monoisotopic (exact) mass is 361 g/mol. The van der Waals surface area contributed by atoms with Crippen molar-refractivity contribution in [1.29, 1.82) is 0 Å². The van der Waals surface area contributed by atoms with Gasteiger partial charge in [-0.2, -0.15) is 0 Å². The number of likely N-dealkylation sites (tertiary alicyclic amines) is 1. The van der Waals surface area contributed by atoms with Crippen molar-refractivity contribution < 1.29 is 19.5 Å². The molecular formula is C19H27N3O4. The van der Waals surface area contributed by atoms with Gasteiger partial charge in [-0.15, -0.1) is 0 Å². The molecule has 1 unspecified atom stereocenters. The molecule has 1 aromatic rings. The zero-order valence-electron chi connectivity index (χ0n) is 15.3. The van der Waals surface area contributed by atoms with E-state index >= 15 is 0 Å². The number of nitrogens with one attached hydrogen (secondary N) is 2. The summed E-state index contributed by atoms with van der Waals surface area (Å²) in [6.45, 7) is 4.30. The Labute approximate surface area is 153 Å². The fraction of sp³-hybridized carbons (Fsp3) is 0.526. The van der Waals surface area contributed by atoms with Crippen LogP contribution in [0.3, 0.4) is 0 Å². The lowest BCUT2D eigenvalue weighted by Crippen LogP contribution is -2.51. The molecule has 1 saturated heterocycles. The molecule has 2 atom stereocenters. The van der Waals surface area contributed by atoms with Gasteiger partial charge in [-0.05, 0) is 38.7 Å². The summed E-state index contributed by atoms with van der Waals surface area (Å²) in [6, 6.07) is 8.52. The molecule has 142 valence electrons. The van der Waals surface area contributed by atoms with Crippen LogP contribution in [0.25, 0.3) is 0 Å². The lowest BCUT2D eigenvalue weighted by molar-refractivity contribution is -0.141. The highest BCUT2D eigenvalue weighted by Gasteiger charge is 2.34. The van der Waals surface area contributed by atoms with Crippen LogP contribution in [-0.2, 0) is 16.0 Å². The van der Waals surface area contributed by atoms with Gasteiger partial charge in [0.15, 0.2) is 0 Å². The van der Waals surface area contributed by atoms with Crippen LogP contribution in [0.4, 0.5) is 4.79 Å². The number of benzene rings is 1. The number of urea groups is 1. The Hall–Kier alpha value is -2.57. The van der Waals surface area contributed by atoms with Crippen molar-refractivity contribution in [2.45, 2.75) is 45.2 Å². The van der Waals surface area contributed by atoms with Crippen molar-refractivity contribution in [3.8, 4) is 0 Å². The largest absolute Gasteiger partial charge is 0.481 e. The van der Waals surface area contributed by atoms with E-state index in [4.69, 9.17) is 0 Å². The summed E-state index contributed by atoms with van der Waals surface area (Å²) in [5, 5.41) is 14.9. The second-order valence-electron chi connectivity index (χ2n) is 6.93. The zero-order valence-corrected chi connectivity index (χ0v) is 15.3. The van der Waals surface area contributed by atoms with Gasteiger partial charge in [0.2, 0.25) is 5.91 Å². The van der Waals surface area contributed by atoms with E-state index in [0.717, 1.165) is 12.0 Å². The minimum absolute atomic E-state index is 0.00549. The Morgan fingerprint density at radius 3 is 2.54 bits per heavy atom. The quantitative estimate of drug-likeness (QED) is 0.687. The highest BCUT2D eigenvalue weighted by molar-refractivity contribution is 5.88. The van der Waals surface area contributed by atoms with Crippen LogP contribution in [0.2, 0.25) is 0 Å². The summed E-state index contributed by atoms with van der Waals surface area (Å²) in [5.74, 6) is -1.95. The van der Waals surface area contributed by atoms with Crippen LogP contribution in [-0.4, -0.2) is 53.1 Å². The second-order valence-corrected chi connectivity index (χ2v) is 6.93. The van der Waals surface area contributed by atoms with Crippen LogP contribution < -0.4 is 10.6 Å². The van der Waals surface area contributed by atoms with Gasteiger partial charge in [-0.1, -0.05) is 30.3 Å². The minimum atomic E-state index is -0.949. The first-order chi connectivity index (χ1) is 12.4. The fourth-order valence-electron chi connectivity index (χ4n) is 3.10. The smallest absolute Gasteiger partial charge is 0.318 e. The molecule has 0 aromatic heterocycles. The van der Waals surface area contributed by atoms with Gasteiger partial charge < -0.3 is 20.6 Å². The first-order valence-corrected chi connectivity index (χ1v) is 9.00. The number of hydrogen-bond acceptors (Lipinski definition) is 3. The lowest BCUT2D eigenvalue weighted by Gasteiger charge is -2.25. The molecule has 2 rings (SSSR count). The summed E-state index contributed by atoms with van der Waals surface area (Å²) in [6.07, 6.45) is 1.70. The number of amides is 3. The van der Waals surface area contributed by atoms with Crippen LogP contribution in [0.5, 0.6) is 0 Å². The molecule has 7 heteroatoms. The third-order valence-corrected chi connectivity index (χ3v) is 4.43. The maximum absolute atomic E-state index is 12.5. The Bertz CT molecular complexity index is 633. The van der Waals surface area contributed by atoms with E-state index in [1.165, 1.54) is 4.90 Å². The van der Waals surface area contributed by atoms with Gasteiger partial charge >= 0.3 is 12.0 Å². The molecule has 0 radical (unpaired) electrons. The maximum Gasteiger partial charge on any atom is 0.318 e. The third kappa shape index (κ3) is 5.47. The Morgan fingerprint density at radius 1 is 1.23 bits per heavy atom. The molecule has 1 aromatic carbocycles. The fourth-order valence-corrected chi connectivity index (χ4v) is 3.10. The Morgan fingerprint density at radius 2 is 1.92 bits per heavy atom. The van der Waals surface area contributed by atoms with E-state index in [9.17, 15) is 19.5 Å². The molecule has 0 bridgehead atoms. The summed E-state index contributed by atoms with van der Waals surface area (Å²) < 4.78 is 0. The predicted octanol–water partition coefficient (Wildman–Crippen LogP) is 1.63. The van der Waals surface area contributed by atoms with Gasteiger partial charge in [0, 0.05) is 19.1 Å². The first kappa shape index (κ1) is 19.8. The molecule has 0 aliphatic carbocycles. The van der Waals surface area contributed by atoms with Gasteiger partial charge in [-0.25, -0.2) is 4.79 Å². The van der Waals surface area contributed by atoms with Crippen molar-refractivity contribution in [2.75, 3.05) is 13.1 Å². The molecule has 1 aliphatic heterocycles. The summed E-state index contributed by atoms with van der Waals surface area (Å²) in [5.41, 5.74) is 0.910. The molecule has 26 heavy (non-hydrogen) atoms. The van der Waals surface area contributed by atoms with Crippen LogP contribution >= 0.6 is 0 Å². The number of rotatable bonds is 7. The number of hydrogen-bond donors (Lipinski definition) is 3. The SMILES string of the molecule is CC(C)NC(=O)N1CCC[C@H]1C(=O)NCC(Cc1ccccc1)C(=O)O. The molecule has 3 amide bonds. The molecule has 0 saturated carbocycles. The van der Waals surface area contributed by atoms with Crippen LogP contribution in [0, 0.1) is 5.92 Å². The third-order valence-electron chi connectivity index (χ3n) is 4.43. The van der Waals surface area contributed by atoms with Crippen LogP contribution in [0.15, 0.2) is 30.3 Å². The van der Waals surface area contributed by atoms with E-state index in [-0.39, 0.29) is 24.5 Å². The van der Waals surface area contributed by atoms with Crippen molar-refractivity contribution in [3.63, 3.8) is 0 Å². The number of carbonyl (C=O) groups excluding carboxylic acids is 2. The van der Waals surface area contributed by atoms with Crippen molar-refractivity contribution >= 4 is 17.9 Å². The van der Waals surface area contributed by atoms with E-state index in [0.29, 0.717) is 19.4 Å². The molecule has 0 spiro atoms. The molecule has 1 fully saturated rings. The number of carbonyl (C=O) groups is 3. The van der Waals surface area contributed by atoms with Gasteiger partial charge in [0.05, 0.1) is 5.92 Å². The van der Waals surface area contributed by atoms with Crippen molar-refractivity contribution in [1.82, 2.24) is 15.5 Å². The van der Waals surface area contributed by atoms with E-state index in [1.807, 2.05) is 44.2 Å². The van der Waals surface area contributed by atoms with Crippen molar-refractivity contribution in [3.05, 3.63) is 35.9 Å². The standard InChI is InChI=1S/C19H27N3O4/c1-13(2)21-19(26)22-10-6-9-16(22)17(23)20-12-15(18(24)25)11-14-7-4-3-5-8-14/h3-5,7-8,13,15-16H,6,9-12H2,1-2H3,(H,20,23)(H,21,26)(H,24,25)/t15?,16-/m0/s1. The Kier molecular flexibility index (Phi) is 7.00. The number of aliphatic carboxylic acids is 1. The topological polar surface area (TPSA) is 98.7 Å². The van der Waals surface area contributed by atoms with Gasteiger partial charge in [-0.3, -0.25) is 9.59 Å². The molecular weight excluding hydrogens is 334 g/mol. The maximum atomic E-state index is 12.5. The van der Waals surface area contributed by atoms with E-state index in [1.54, 1.807) is 0 Å². The number of nitrogens with zero attached hydrogens (tertiary/aromatic N) is 1. The average molecular weight is 361 g/mol. The summed E-state index contributed by atoms with van der Waals surface area (Å²) in [7, 11) is 0. The van der Waals surface area contributed by atoms with E-state index in [2.05, 4.69) is 10.6 Å². The Balaban J connectivity index is 1.92. The molecule has 3 N–H and O–H groups in total. The zero-order chi connectivity index (χ0) is 19.1. The summed E-state index contributed by atoms with van der Waals surface area (Å²) >= 11 is 0. The highest BCUT2D eigenvalue weighted by Crippen LogP contribution is 2.18. The predicted molar refractivity (Wildman–Crippen MR) is 97.7 cm³/mol. The van der Waals surface area contributed by atoms with Crippen molar-refractivity contribution in [2.24, 2.45) is 5.92 Å². The summed E-state index contributed by atoms with van der Waals surface area (Å²) in [4.78, 5) is 37.7. The molecule has 1 aliphatic rings. The molecule has 1 heterocycles. The van der Waals surface area contributed by atoms with Gasteiger partial charge in [0.25, 0.3) is 0 Å². The first-order valence-electron chi connectivity index (χ1n) is 9.00. The average Bonchev–Trinajstić information content (AvgIpc) is 3.08. The second kappa shape index (κ2) is 9.22.